The molecule has 1 unspecified atom stereocenters. The van der Waals surface area contributed by atoms with Crippen LogP contribution in [0.15, 0.2) is 23.1 Å². The zero-order valence-corrected chi connectivity index (χ0v) is 12.4. The van der Waals surface area contributed by atoms with Crippen molar-refractivity contribution >= 4 is 21.7 Å². The number of rotatable bonds is 6. The number of hydrogen-bond donors (Lipinski definition) is 2. The van der Waals surface area contributed by atoms with Crippen molar-refractivity contribution in [3.05, 3.63) is 23.8 Å². The van der Waals surface area contributed by atoms with E-state index in [2.05, 4.69) is 9.46 Å². The topological polar surface area (TPSA) is 108 Å². The lowest BCUT2D eigenvalue weighted by molar-refractivity contribution is 0.0600. The van der Waals surface area contributed by atoms with Crippen LogP contribution >= 0.6 is 0 Å². The fourth-order valence-electron chi connectivity index (χ4n) is 1.43. The lowest BCUT2D eigenvalue weighted by Gasteiger charge is -2.13. The zero-order chi connectivity index (χ0) is 15.3. The van der Waals surface area contributed by atoms with Gasteiger partial charge in [0.1, 0.15) is 4.90 Å². The van der Waals surface area contributed by atoms with Crippen LogP contribution < -0.4 is 10.5 Å². The van der Waals surface area contributed by atoms with E-state index in [1.165, 1.54) is 32.4 Å². The number of nitrogens with two attached hydrogens (primary N) is 1. The Morgan fingerprint density at radius 2 is 2.05 bits per heavy atom. The molecule has 1 aromatic rings. The first-order valence-electron chi connectivity index (χ1n) is 5.82. The van der Waals surface area contributed by atoms with Gasteiger partial charge >= 0.3 is 5.97 Å². The predicted octanol–water partition coefficient (Wildman–Crippen LogP) is 0.369. The number of carbonyl (C=O) groups is 1. The summed E-state index contributed by atoms with van der Waals surface area (Å²) < 4.78 is 36.0. The number of nitrogens with one attached hydrogen (secondary N) is 1. The van der Waals surface area contributed by atoms with E-state index in [1.54, 1.807) is 6.92 Å². The lowest BCUT2D eigenvalue weighted by atomic mass is 10.2. The zero-order valence-electron chi connectivity index (χ0n) is 11.5. The Balaban J connectivity index is 2.99. The molecule has 0 aliphatic rings. The standard InChI is InChI=1S/C12H18N2O5S/c1-8(18-2)7-14-20(16,17)11-5-4-9(6-10(11)13)12(15)19-3/h4-6,8,14H,7,13H2,1-3H3. The summed E-state index contributed by atoms with van der Waals surface area (Å²) in [6, 6.07) is 3.87. The summed E-state index contributed by atoms with van der Waals surface area (Å²) in [6.07, 6.45) is -0.264. The van der Waals surface area contributed by atoms with Crippen molar-refractivity contribution in [1.29, 1.82) is 0 Å². The Bertz CT molecular complexity index is 586. The maximum Gasteiger partial charge on any atom is 0.337 e. The van der Waals surface area contributed by atoms with E-state index in [4.69, 9.17) is 10.5 Å². The van der Waals surface area contributed by atoms with Crippen molar-refractivity contribution in [3.8, 4) is 0 Å². The fraction of sp³-hybridized carbons (Fsp3) is 0.417. The number of nitrogen functional groups attached to an aromatic ring is 1. The molecule has 112 valence electrons. The maximum absolute atomic E-state index is 12.1. The normalized spacial score (nSPS) is 12.9. The molecule has 1 rings (SSSR count). The molecule has 1 atom stereocenters. The van der Waals surface area contributed by atoms with Crippen LogP contribution in [0.4, 0.5) is 5.69 Å². The summed E-state index contributed by atoms with van der Waals surface area (Å²) in [4.78, 5) is 11.2. The van der Waals surface area contributed by atoms with E-state index < -0.39 is 16.0 Å². The summed E-state index contributed by atoms with van der Waals surface area (Å²) >= 11 is 0. The molecule has 0 saturated heterocycles. The van der Waals surface area contributed by atoms with Gasteiger partial charge in [0.25, 0.3) is 0 Å². The monoisotopic (exact) mass is 302 g/mol. The number of benzene rings is 1. The summed E-state index contributed by atoms with van der Waals surface area (Å²) in [5, 5.41) is 0. The van der Waals surface area contributed by atoms with Crippen molar-refractivity contribution in [1.82, 2.24) is 4.72 Å². The molecule has 7 nitrogen and oxygen atoms in total. The van der Waals surface area contributed by atoms with Gasteiger partial charge in [-0.2, -0.15) is 0 Å². The molecule has 0 aliphatic heterocycles. The average Bonchev–Trinajstić information content (AvgIpc) is 2.43. The third-order valence-electron chi connectivity index (χ3n) is 2.68. The molecule has 0 heterocycles. The first kappa shape index (κ1) is 16.4. The highest BCUT2D eigenvalue weighted by atomic mass is 32.2. The number of methoxy groups -OCH3 is 2. The Labute approximate surface area is 118 Å². The van der Waals surface area contributed by atoms with Gasteiger partial charge in [0.05, 0.1) is 24.5 Å². The third kappa shape index (κ3) is 3.92. The van der Waals surface area contributed by atoms with Gasteiger partial charge in [0.2, 0.25) is 10.0 Å². The van der Waals surface area contributed by atoms with E-state index >= 15 is 0 Å². The molecule has 0 radical (unpaired) electrons. The second kappa shape index (κ2) is 6.69. The maximum atomic E-state index is 12.1. The quantitative estimate of drug-likeness (QED) is 0.580. The number of esters is 1. The van der Waals surface area contributed by atoms with Crippen LogP contribution in [0.2, 0.25) is 0 Å². The number of carbonyl (C=O) groups excluding carboxylic acids is 1. The first-order valence-corrected chi connectivity index (χ1v) is 7.30. The van der Waals surface area contributed by atoms with Gasteiger partial charge in [-0.25, -0.2) is 17.9 Å². The van der Waals surface area contributed by atoms with Crippen LogP contribution in [0, 0.1) is 0 Å². The van der Waals surface area contributed by atoms with Gasteiger partial charge in [-0.15, -0.1) is 0 Å². The first-order chi connectivity index (χ1) is 9.31. The number of hydrogen-bond acceptors (Lipinski definition) is 6. The Morgan fingerprint density at radius 3 is 2.55 bits per heavy atom. The molecule has 0 amide bonds. The molecule has 0 saturated carbocycles. The minimum Gasteiger partial charge on any atom is -0.465 e. The highest BCUT2D eigenvalue weighted by Gasteiger charge is 2.19. The average molecular weight is 302 g/mol. The largest absolute Gasteiger partial charge is 0.465 e. The molecule has 0 fully saturated rings. The van der Waals surface area contributed by atoms with Gasteiger partial charge in [0, 0.05) is 13.7 Å². The van der Waals surface area contributed by atoms with E-state index in [9.17, 15) is 13.2 Å². The van der Waals surface area contributed by atoms with E-state index in [0.29, 0.717) is 0 Å². The summed E-state index contributed by atoms with van der Waals surface area (Å²) in [5.74, 6) is -0.582. The van der Waals surface area contributed by atoms with Crippen LogP contribution in [0.3, 0.4) is 0 Å². The van der Waals surface area contributed by atoms with Crippen LogP contribution in [0.25, 0.3) is 0 Å². The molecule has 8 heteroatoms. The van der Waals surface area contributed by atoms with E-state index in [-0.39, 0.29) is 28.8 Å². The molecular formula is C12H18N2O5S. The van der Waals surface area contributed by atoms with Gasteiger partial charge < -0.3 is 15.2 Å². The number of sulfonamides is 1. The second-order valence-corrected chi connectivity index (χ2v) is 5.88. The second-order valence-electron chi connectivity index (χ2n) is 4.14. The fourth-order valence-corrected chi connectivity index (χ4v) is 2.65. The van der Waals surface area contributed by atoms with Crippen LogP contribution in [0.5, 0.6) is 0 Å². The van der Waals surface area contributed by atoms with Gasteiger partial charge in [-0.05, 0) is 25.1 Å². The molecule has 0 aromatic heterocycles. The van der Waals surface area contributed by atoms with Crippen LogP contribution in [0.1, 0.15) is 17.3 Å². The SMILES string of the molecule is COC(=O)c1ccc(S(=O)(=O)NCC(C)OC)c(N)c1. The highest BCUT2D eigenvalue weighted by molar-refractivity contribution is 7.89. The number of anilines is 1. The lowest BCUT2D eigenvalue weighted by Crippen LogP contribution is -2.32. The predicted molar refractivity (Wildman–Crippen MR) is 73.9 cm³/mol. The summed E-state index contributed by atoms with van der Waals surface area (Å²) in [5.41, 5.74) is 5.85. The van der Waals surface area contributed by atoms with Crippen LogP contribution in [-0.2, 0) is 19.5 Å². The number of ether oxygens (including phenoxy) is 2. The van der Waals surface area contributed by atoms with Gasteiger partial charge in [0.15, 0.2) is 0 Å². The molecule has 0 bridgehead atoms. The van der Waals surface area contributed by atoms with Crippen molar-refractivity contribution < 1.29 is 22.7 Å². The molecule has 3 N–H and O–H groups in total. The Hall–Kier alpha value is -1.64. The summed E-state index contributed by atoms with van der Waals surface area (Å²) in [7, 11) is -1.03. The van der Waals surface area contributed by atoms with Crippen molar-refractivity contribution in [2.45, 2.75) is 17.9 Å². The van der Waals surface area contributed by atoms with Gasteiger partial charge in [-0.3, -0.25) is 0 Å². The van der Waals surface area contributed by atoms with E-state index in [1.807, 2.05) is 0 Å². The van der Waals surface area contributed by atoms with E-state index in [0.717, 1.165) is 0 Å². The summed E-state index contributed by atoms with van der Waals surface area (Å²) in [6.45, 7) is 1.85. The Morgan fingerprint density at radius 1 is 1.40 bits per heavy atom. The molecular weight excluding hydrogens is 284 g/mol. The van der Waals surface area contributed by atoms with Crippen molar-refractivity contribution in [3.63, 3.8) is 0 Å². The van der Waals surface area contributed by atoms with Crippen molar-refractivity contribution in [2.75, 3.05) is 26.5 Å². The van der Waals surface area contributed by atoms with Crippen LogP contribution in [-0.4, -0.2) is 41.3 Å². The molecule has 1 aromatic carbocycles. The highest BCUT2D eigenvalue weighted by Crippen LogP contribution is 2.20. The molecule has 20 heavy (non-hydrogen) atoms. The smallest absolute Gasteiger partial charge is 0.337 e. The minimum absolute atomic E-state index is 0.0227. The van der Waals surface area contributed by atoms with Crippen molar-refractivity contribution in [2.24, 2.45) is 0 Å². The molecule has 0 spiro atoms. The minimum atomic E-state index is -3.75. The third-order valence-corrected chi connectivity index (χ3v) is 4.18. The molecule has 0 aliphatic carbocycles. The van der Waals surface area contributed by atoms with Gasteiger partial charge in [-0.1, -0.05) is 0 Å². The Kier molecular flexibility index (Phi) is 5.49.